The zero-order valence-electron chi connectivity index (χ0n) is 10.9. The molecular formula is C15H15FN2OS. The van der Waals surface area contributed by atoms with Gasteiger partial charge in [0.05, 0.1) is 5.69 Å². The summed E-state index contributed by atoms with van der Waals surface area (Å²) in [6, 6.07) is 6.54. The van der Waals surface area contributed by atoms with Crippen LogP contribution >= 0.6 is 11.3 Å². The number of halogens is 1. The van der Waals surface area contributed by atoms with Crippen molar-refractivity contribution in [2.75, 3.05) is 5.73 Å². The number of rotatable bonds is 4. The van der Waals surface area contributed by atoms with Crippen LogP contribution in [0.4, 0.5) is 10.1 Å². The number of nitrogens with zero attached hydrogens (tertiary/aromatic N) is 1. The smallest absolute Gasteiger partial charge is 0.254 e. The Morgan fingerprint density at radius 3 is 2.80 bits per heavy atom. The molecule has 0 atom stereocenters. The lowest BCUT2D eigenvalue weighted by atomic mass is 10.1. The van der Waals surface area contributed by atoms with Crippen molar-refractivity contribution < 1.29 is 9.18 Å². The second kappa shape index (κ2) is 5.25. The fraction of sp³-hybridized carbons (Fsp3) is 0.267. The molecule has 1 heterocycles. The summed E-state index contributed by atoms with van der Waals surface area (Å²) in [4.78, 5) is 14.4. The minimum atomic E-state index is -0.540. The van der Waals surface area contributed by atoms with Gasteiger partial charge in [-0.1, -0.05) is 0 Å². The van der Waals surface area contributed by atoms with Crippen LogP contribution in [0.1, 0.15) is 28.8 Å². The van der Waals surface area contributed by atoms with Gasteiger partial charge in [-0.05, 0) is 53.4 Å². The molecule has 0 aliphatic heterocycles. The Labute approximate surface area is 120 Å². The minimum absolute atomic E-state index is 0.0670. The van der Waals surface area contributed by atoms with E-state index >= 15 is 0 Å². The molecule has 1 aliphatic carbocycles. The Morgan fingerprint density at radius 1 is 1.40 bits per heavy atom. The monoisotopic (exact) mass is 290 g/mol. The highest BCUT2D eigenvalue weighted by atomic mass is 32.1. The van der Waals surface area contributed by atoms with E-state index in [0.29, 0.717) is 12.1 Å². The van der Waals surface area contributed by atoms with Crippen molar-refractivity contribution >= 4 is 22.9 Å². The average Bonchev–Trinajstić information content (AvgIpc) is 3.15. The molecule has 1 aliphatic rings. The van der Waals surface area contributed by atoms with Crippen LogP contribution in [0.3, 0.4) is 0 Å². The van der Waals surface area contributed by atoms with Crippen molar-refractivity contribution in [1.82, 2.24) is 4.90 Å². The van der Waals surface area contributed by atoms with Crippen LogP contribution in [0.2, 0.25) is 0 Å². The second-order valence-electron chi connectivity index (χ2n) is 5.03. The number of nitrogen functional groups attached to an aromatic ring is 1. The number of amides is 1. The Morgan fingerprint density at radius 2 is 2.20 bits per heavy atom. The topological polar surface area (TPSA) is 46.3 Å². The lowest BCUT2D eigenvalue weighted by Gasteiger charge is -2.22. The van der Waals surface area contributed by atoms with E-state index in [1.54, 1.807) is 17.4 Å². The number of nitrogens with two attached hydrogens (primary N) is 1. The maximum Gasteiger partial charge on any atom is 0.254 e. The van der Waals surface area contributed by atoms with E-state index < -0.39 is 5.82 Å². The molecule has 2 N–H and O–H groups in total. The largest absolute Gasteiger partial charge is 0.396 e. The summed E-state index contributed by atoms with van der Waals surface area (Å²) in [5.74, 6) is -0.667. The number of hydrogen-bond donors (Lipinski definition) is 1. The number of hydrogen-bond acceptors (Lipinski definition) is 3. The Bertz CT molecular complexity index is 623. The molecule has 5 heteroatoms. The van der Waals surface area contributed by atoms with E-state index in [2.05, 4.69) is 0 Å². The third-order valence-electron chi connectivity index (χ3n) is 3.43. The Kier molecular flexibility index (Phi) is 3.44. The predicted molar refractivity (Wildman–Crippen MR) is 78.0 cm³/mol. The van der Waals surface area contributed by atoms with Gasteiger partial charge < -0.3 is 10.6 Å². The van der Waals surface area contributed by atoms with Gasteiger partial charge in [0.2, 0.25) is 0 Å². The molecule has 0 spiro atoms. The first-order valence-corrected chi connectivity index (χ1v) is 7.46. The molecule has 2 aromatic rings. The molecule has 3 rings (SSSR count). The molecule has 20 heavy (non-hydrogen) atoms. The van der Waals surface area contributed by atoms with Gasteiger partial charge in [0.1, 0.15) is 5.82 Å². The zero-order valence-corrected chi connectivity index (χ0v) is 11.7. The Hall–Kier alpha value is -1.88. The highest BCUT2D eigenvalue weighted by Crippen LogP contribution is 2.30. The second-order valence-corrected chi connectivity index (χ2v) is 5.81. The van der Waals surface area contributed by atoms with Gasteiger partial charge in [-0.3, -0.25) is 4.79 Å². The molecule has 104 valence electrons. The van der Waals surface area contributed by atoms with E-state index in [1.807, 2.05) is 21.7 Å². The van der Waals surface area contributed by atoms with Crippen molar-refractivity contribution in [3.63, 3.8) is 0 Å². The van der Waals surface area contributed by atoms with Crippen LogP contribution < -0.4 is 5.73 Å². The van der Waals surface area contributed by atoms with E-state index in [9.17, 15) is 9.18 Å². The quantitative estimate of drug-likeness (QED) is 0.878. The maximum absolute atomic E-state index is 13.5. The lowest BCUT2D eigenvalue weighted by Crippen LogP contribution is -2.32. The van der Waals surface area contributed by atoms with Gasteiger partial charge >= 0.3 is 0 Å². The molecule has 0 saturated heterocycles. The number of thiophene rings is 1. The number of anilines is 1. The predicted octanol–water partition coefficient (Wildman–Crippen LogP) is 3.27. The van der Waals surface area contributed by atoms with E-state index in [0.717, 1.165) is 18.4 Å². The van der Waals surface area contributed by atoms with Crippen LogP contribution in [0.15, 0.2) is 35.0 Å². The van der Waals surface area contributed by atoms with Gasteiger partial charge in [-0.25, -0.2) is 4.39 Å². The first-order chi connectivity index (χ1) is 9.65. The fourth-order valence-corrected chi connectivity index (χ4v) is 2.82. The average molecular weight is 290 g/mol. The van der Waals surface area contributed by atoms with Gasteiger partial charge in [0.15, 0.2) is 0 Å². The first-order valence-electron chi connectivity index (χ1n) is 6.52. The van der Waals surface area contributed by atoms with Gasteiger partial charge in [0.25, 0.3) is 5.91 Å². The molecular weight excluding hydrogens is 275 g/mol. The maximum atomic E-state index is 13.5. The molecule has 0 unspecified atom stereocenters. The summed E-state index contributed by atoms with van der Waals surface area (Å²) in [7, 11) is 0. The summed E-state index contributed by atoms with van der Waals surface area (Å²) in [6.07, 6.45) is 2.04. The van der Waals surface area contributed by atoms with Crippen LogP contribution in [0.25, 0.3) is 0 Å². The number of carbonyl (C=O) groups is 1. The highest BCUT2D eigenvalue weighted by molar-refractivity contribution is 7.07. The SMILES string of the molecule is Nc1ccc(C(=O)N(Cc2ccsc2)C2CC2)cc1F. The van der Waals surface area contributed by atoms with E-state index in [-0.39, 0.29) is 17.6 Å². The molecule has 1 amide bonds. The lowest BCUT2D eigenvalue weighted by molar-refractivity contribution is 0.0729. The van der Waals surface area contributed by atoms with Crippen molar-refractivity contribution in [2.24, 2.45) is 0 Å². The molecule has 1 aromatic carbocycles. The summed E-state index contributed by atoms with van der Waals surface area (Å²) in [5, 5.41) is 4.03. The Balaban J connectivity index is 1.83. The van der Waals surface area contributed by atoms with Crippen molar-refractivity contribution in [3.8, 4) is 0 Å². The zero-order chi connectivity index (χ0) is 14.1. The molecule has 1 saturated carbocycles. The van der Waals surface area contributed by atoms with E-state index in [4.69, 9.17) is 5.73 Å². The van der Waals surface area contributed by atoms with Crippen molar-refractivity contribution in [2.45, 2.75) is 25.4 Å². The molecule has 1 fully saturated rings. The van der Waals surface area contributed by atoms with Crippen molar-refractivity contribution in [1.29, 1.82) is 0 Å². The standard InChI is InChI=1S/C15H15FN2OS/c16-13-7-11(1-4-14(13)17)15(19)18(12-2-3-12)8-10-5-6-20-9-10/h1,4-7,9,12H,2-3,8,17H2. The summed E-state index contributed by atoms with van der Waals surface area (Å²) >= 11 is 1.61. The molecule has 1 aromatic heterocycles. The van der Waals surface area contributed by atoms with Crippen molar-refractivity contribution in [3.05, 3.63) is 52.0 Å². The summed E-state index contributed by atoms with van der Waals surface area (Å²) in [6.45, 7) is 0.582. The molecule has 3 nitrogen and oxygen atoms in total. The summed E-state index contributed by atoms with van der Waals surface area (Å²) < 4.78 is 13.5. The van der Waals surface area contributed by atoms with Crippen LogP contribution in [0, 0.1) is 5.82 Å². The highest BCUT2D eigenvalue weighted by Gasteiger charge is 2.33. The van der Waals surface area contributed by atoms with Gasteiger partial charge in [-0.2, -0.15) is 11.3 Å². The van der Waals surface area contributed by atoms with Crippen LogP contribution in [-0.2, 0) is 6.54 Å². The molecule has 0 bridgehead atoms. The normalized spacial score (nSPS) is 14.2. The third kappa shape index (κ3) is 2.67. The fourth-order valence-electron chi connectivity index (χ4n) is 2.16. The van der Waals surface area contributed by atoms with Gasteiger partial charge in [-0.15, -0.1) is 0 Å². The third-order valence-corrected chi connectivity index (χ3v) is 4.16. The van der Waals surface area contributed by atoms with E-state index in [1.165, 1.54) is 12.1 Å². The molecule has 0 radical (unpaired) electrons. The van der Waals surface area contributed by atoms with Crippen LogP contribution in [-0.4, -0.2) is 16.8 Å². The van der Waals surface area contributed by atoms with Gasteiger partial charge in [0, 0.05) is 18.2 Å². The number of carbonyl (C=O) groups excluding carboxylic acids is 1. The van der Waals surface area contributed by atoms with Crippen LogP contribution in [0.5, 0.6) is 0 Å². The minimum Gasteiger partial charge on any atom is -0.396 e. The summed E-state index contributed by atoms with van der Waals surface area (Å²) in [5.41, 5.74) is 6.99. The first kappa shape index (κ1) is 13.1. The number of benzene rings is 1.